The minimum Gasteiger partial charge on any atom is -0.353 e. The van der Waals surface area contributed by atoms with Crippen LogP contribution < -0.4 is 21.5 Å². The summed E-state index contributed by atoms with van der Waals surface area (Å²) in [5, 5.41) is 3.31. The number of imidazole rings is 1. The lowest BCUT2D eigenvalue weighted by atomic mass is 10.2. The lowest BCUT2D eigenvalue weighted by Gasteiger charge is -2.24. The largest absolute Gasteiger partial charge is 0.353 e. The maximum atomic E-state index is 13.2. The van der Waals surface area contributed by atoms with Gasteiger partial charge in [0.1, 0.15) is 18.2 Å². The molecule has 0 aliphatic carbocycles. The Morgan fingerprint density at radius 1 is 1.22 bits per heavy atom. The average Bonchev–Trinajstić information content (AvgIpc) is 3.59. The number of nitrogens with zero attached hydrogens (tertiary/aromatic N) is 8. The summed E-state index contributed by atoms with van der Waals surface area (Å²) in [5.74, 6) is 0.490. The number of aromatic nitrogens is 7. The van der Waals surface area contributed by atoms with Gasteiger partial charge in [-0.2, -0.15) is 0 Å². The number of nitrogens with one attached hydrogen (secondary N) is 1. The second-order valence-electron chi connectivity index (χ2n) is 9.06. The van der Waals surface area contributed by atoms with Gasteiger partial charge in [-0.1, -0.05) is 0 Å². The highest BCUT2D eigenvalue weighted by Crippen LogP contribution is 2.37. The molecule has 0 bridgehead atoms. The summed E-state index contributed by atoms with van der Waals surface area (Å²) in [4.78, 5) is 59.0. The number of fused-ring (bicyclic) bond motifs is 1. The van der Waals surface area contributed by atoms with Crippen molar-refractivity contribution in [3.05, 3.63) is 44.6 Å². The second kappa shape index (κ2) is 8.97. The van der Waals surface area contributed by atoms with E-state index in [4.69, 9.17) is 4.98 Å². The van der Waals surface area contributed by atoms with Gasteiger partial charge in [0.25, 0.3) is 5.56 Å². The van der Waals surface area contributed by atoms with Gasteiger partial charge in [0.15, 0.2) is 16.3 Å². The molecule has 2 atom stereocenters. The molecule has 0 radical (unpaired) electrons. The van der Waals surface area contributed by atoms with Crippen LogP contribution in [0.2, 0.25) is 0 Å². The van der Waals surface area contributed by atoms with Crippen molar-refractivity contribution in [1.82, 2.24) is 33.6 Å². The van der Waals surface area contributed by atoms with Crippen molar-refractivity contribution in [3.63, 3.8) is 0 Å². The number of thiazole rings is 1. The van der Waals surface area contributed by atoms with Gasteiger partial charge in [-0.3, -0.25) is 18.7 Å². The number of hydrogen-bond donors (Lipinski definition) is 1. The molecule has 1 N–H and O–H groups in total. The van der Waals surface area contributed by atoms with Crippen LogP contribution in [0.15, 0.2) is 28.4 Å². The van der Waals surface area contributed by atoms with Crippen LogP contribution in [0.3, 0.4) is 0 Å². The zero-order valence-corrected chi connectivity index (χ0v) is 21.5. The van der Waals surface area contributed by atoms with E-state index in [2.05, 4.69) is 32.1 Å². The average molecular weight is 510 g/mol. The Balaban J connectivity index is 1.45. The van der Waals surface area contributed by atoms with Gasteiger partial charge in [0.05, 0.1) is 17.6 Å². The van der Waals surface area contributed by atoms with Crippen LogP contribution in [0.5, 0.6) is 0 Å². The van der Waals surface area contributed by atoms with E-state index >= 15 is 0 Å². The molecule has 12 nitrogen and oxygen atoms in total. The first-order valence-corrected chi connectivity index (χ1v) is 12.5. The Morgan fingerprint density at radius 2 is 2.00 bits per heavy atom. The number of carbonyl (C=O) groups excluding carboxylic acids is 1. The van der Waals surface area contributed by atoms with Crippen molar-refractivity contribution in [2.45, 2.75) is 45.7 Å². The molecule has 36 heavy (non-hydrogen) atoms. The lowest BCUT2D eigenvalue weighted by molar-refractivity contribution is -0.118. The molecule has 0 saturated carbocycles. The normalized spacial score (nSPS) is 16.6. The van der Waals surface area contributed by atoms with E-state index in [-0.39, 0.29) is 17.1 Å². The van der Waals surface area contributed by atoms with Crippen molar-refractivity contribution in [3.8, 4) is 11.3 Å². The molecule has 0 aromatic carbocycles. The molecule has 1 aliphatic heterocycles. The summed E-state index contributed by atoms with van der Waals surface area (Å²) in [5.41, 5.74) is 0.985. The molecule has 188 valence electrons. The summed E-state index contributed by atoms with van der Waals surface area (Å²) in [7, 11) is 2.94. The number of carbonyl (C=O) groups is 1. The zero-order valence-electron chi connectivity index (χ0n) is 20.7. The van der Waals surface area contributed by atoms with Gasteiger partial charge >= 0.3 is 5.69 Å². The molecule has 0 spiro atoms. The fraction of sp³-hybridized carbons (Fsp3) is 0.435. The minimum atomic E-state index is -0.770. The van der Waals surface area contributed by atoms with Crippen LogP contribution in [0.1, 0.15) is 37.6 Å². The summed E-state index contributed by atoms with van der Waals surface area (Å²) in [6.45, 7) is 6.73. The quantitative estimate of drug-likeness (QED) is 0.431. The Kier molecular flexibility index (Phi) is 5.94. The maximum absolute atomic E-state index is 13.2. The number of aryl methyl sites for hydroxylation is 2. The van der Waals surface area contributed by atoms with Crippen molar-refractivity contribution in [1.29, 1.82) is 0 Å². The zero-order chi connectivity index (χ0) is 25.7. The predicted molar refractivity (Wildman–Crippen MR) is 137 cm³/mol. The molecule has 1 aliphatic rings. The molecule has 1 amide bonds. The summed E-state index contributed by atoms with van der Waals surface area (Å²) < 4.78 is 3.77. The fourth-order valence-corrected chi connectivity index (χ4v) is 5.49. The third-order valence-corrected chi connectivity index (χ3v) is 7.65. The molecule has 5 heterocycles. The first-order chi connectivity index (χ1) is 17.2. The monoisotopic (exact) mass is 509 g/mol. The van der Waals surface area contributed by atoms with Crippen LogP contribution >= 0.6 is 11.3 Å². The first kappa shape index (κ1) is 23.9. The Labute approximate surface area is 210 Å². The molecule has 4 aromatic heterocycles. The van der Waals surface area contributed by atoms with Gasteiger partial charge in [-0.05, 0) is 33.6 Å². The van der Waals surface area contributed by atoms with Gasteiger partial charge in [0, 0.05) is 37.8 Å². The van der Waals surface area contributed by atoms with E-state index in [1.807, 2.05) is 6.92 Å². The molecule has 1 saturated heterocycles. The van der Waals surface area contributed by atoms with Crippen molar-refractivity contribution in [2.75, 3.05) is 16.8 Å². The SMILES string of the molecule is Cc1sc(NC(=O)[C@H](C)n2cnc3c2c(=O)n(C)c(=O)n3C)nc1-c1cncnc1N1CCC[C@@H]1C. The number of amides is 1. The van der Waals surface area contributed by atoms with Crippen LogP contribution in [0, 0.1) is 6.92 Å². The number of hydrogen-bond acceptors (Lipinski definition) is 9. The second-order valence-corrected chi connectivity index (χ2v) is 10.3. The topological polar surface area (TPSA) is 133 Å². The highest BCUT2D eigenvalue weighted by molar-refractivity contribution is 7.16. The van der Waals surface area contributed by atoms with Gasteiger partial charge in [-0.15, -0.1) is 11.3 Å². The molecular formula is C23H27N9O3S. The highest BCUT2D eigenvalue weighted by atomic mass is 32.1. The predicted octanol–water partition coefficient (Wildman–Crippen LogP) is 1.84. The Bertz CT molecular complexity index is 1600. The number of rotatable bonds is 5. The number of anilines is 2. The molecule has 0 unspecified atom stereocenters. The first-order valence-electron chi connectivity index (χ1n) is 11.7. The van der Waals surface area contributed by atoms with Crippen LogP contribution in [0.25, 0.3) is 22.4 Å². The van der Waals surface area contributed by atoms with E-state index in [0.717, 1.165) is 45.9 Å². The highest BCUT2D eigenvalue weighted by Gasteiger charge is 2.27. The molecular weight excluding hydrogens is 482 g/mol. The van der Waals surface area contributed by atoms with E-state index < -0.39 is 17.3 Å². The minimum absolute atomic E-state index is 0.184. The van der Waals surface area contributed by atoms with Gasteiger partial charge in [0.2, 0.25) is 5.91 Å². The molecule has 4 aromatic rings. The van der Waals surface area contributed by atoms with Gasteiger partial charge < -0.3 is 14.8 Å². The third-order valence-electron chi connectivity index (χ3n) is 6.77. The Hall–Kier alpha value is -3.87. The fourth-order valence-electron chi connectivity index (χ4n) is 4.66. The standard InChI is InChI=1S/C23H27N9O3S/c1-12-7-6-8-31(12)18-15(9-24-10-25-18)16-14(3)36-22(27-16)28-20(33)13(2)32-11-26-19-17(32)21(34)30(5)23(35)29(19)4/h9-13H,6-8H2,1-5H3,(H,27,28,33)/t12-,13-/m0/s1. The van der Waals surface area contributed by atoms with Crippen molar-refractivity contribution < 1.29 is 4.79 Å². The third kappa shape index (κ3) is 3.79. The van der Waals surface area contributed by atoms with Gasteiger partial charge in [-0.25, -0.2) is 24.7 Å². The van der Waals surface area contributed by atoms with E-state index in [0.29, 0.717) is 11.2 Å². The van der Waals surface area contributed by atoms with Crippen LogP contribution in [0.4, 0.5) is 10.9 Å². The van der Waals surface area contributed by atoms with E-state index in [1.54, 1.807) is 19.4 Å². The van der Waals surface area contributed by atoms with E-state index in [9.17, 15) is 14.4 Å². The van der Waals surface area contributed by atoms with E-state index in [1.165, 1.54) is 40.9 Å². The van der Waals surface area contributed by atoms with Crippen LogP contribution in [-0.2, 0) is 18.9 Å². The summed E-state index contributed by atoms with van der Waals surface area (Å²) >= 11 is 1.36. The van der Waals surface area contributed by atoms with Crippen LogP contribution in [-0.4, -0.2) is 52.1 Å². The molecule has 1 fully saturated rings. The Morgan fingerprint density at radius 3 is 2.72 bits per heavy atom. The summed E-state index contributed by atoms with van der Waals surface area (Å²) in [6.07, 6.45) is 6.94. The molecule has 13 heteroatoms. The van der Waals surface area contributed by atoms with Crippen molar-refractivity contribution in [2.24, 2.45) is 14.1 Å². The smallest absolute Gasteiger partial charge is 0.332 e. The maximum Gasteiger partial charge on any atom is 0.332 e. The van der Waals surface area contributed by atoms with Crippen molar-refractivity contribution >= 4 is 39.4 Å². The summed E-state index contributed by atoms with van der Waals surface area (Å²) in [6, 6.07) is -0.385. The molecule has 5 rings (SSSR count). The lowest BCUT2D eigenvalue weighted by Crippen LogP contribution is -2.38.